The van der Waals surface area contributed by atoms with Gasteiger partial charge in [-0.15, -0.1) is 0 Å². The molecule has 0 heterocycles. The van der Waals surface area contributed by atoms with E-state index < -0.39 is 6.03 Å². The average Bonchev–Trinajstić information content (AvgIpc) is 2.20. The molecule has 0 saturated heterocycles. The number of methoxy groups -OCH3 is 1. The largest absolute Gasteiger partial charge is 0.495 e. The summed E-state index contributed by atoms with van der Waals surface area (Å²) in [5, 5.41) is 0.616. The Hall–Kier alpha value is -0.780. The highest BCUT2D eigenvalue weighted by molar-refractivity contribution is 7.98. The number of rotatable bonds is 3. The van der Waals surface area contributed by atoms with Crippen LogP contribution in [0.2, 0.25) is 10.0 Å². The Kier molecular flexibility index (Phi) is 4.38. The normalized spacial score (nSPS) is 9.80. The molecule has 0 aliphatic heterocycles. The van der Waals surface area contributed by atoms with E-state index in [0.29, 0.717) is 20.7 Å². The standard InChI is InChI=1S/C8H8Cl2N2O2S/c1-14-4-2-3-5(7(10)6(4)9)15-12-8(11)13/h2-3H,1H3,(H3,11,12,13). The van der Waals surface area contributed by atoms with Crippen LogP contribution in [0.1, 0.15) is 0 Å². The van der Waals surface area contributed by atoms with Crippen molar-refractivity contribution in [2.75, 3.05) is 7.11 Å². The van der Waals surface area contributed by atoms with Gasteiger partial charge in [0.2, 0.25) is 0 Å². The van der Waals surface area contributed by atoms with E-state index in [4.69, 9.17) is 33.7 Å². The number of urea groups is 1. The number of benzene rings is 1. The number of primary amides is 1. The second kappa shape index (κ2) is 5.34. The molecule has 0 aliphatic carbocycles. The quantitative estimate of drug-likeness (QED) is 0.827. The molecule has 0 radical (unpaired) electrons. The Morgan fingerprint density at radius 3 is 2.67 bits per heavy atom. The minimum absolute atomic E-state index is 0.301. The molecule has 0 aromatic heterocycles. The average molecular weight is 267 g/mol. The SMILES string of the molecule is COc1ccc(SNC(N)=O)c(Cl)c1Cl. The van der Waals surface area contributed by atoms with Crippen molar-refractivity contribution in [3.63, 3.8) is 0 Å². The molecule has 0 fully saturated rings. The predicted molar refractivity (Wildman–Crippen MR) is 61.6 cm³/mol. The van der Waals surface area contributed by atoms with Gasteiger partial charge in [0.25, 0.3) is 0 Å². The first-order valence-electron chi connectivity index (χ1n) is 3.80. The van der Waals surface area contributed by atoms with Crippen LogP contribution < -0.4 is 15.2 Å². The fourth-order valence-electron chi connectivity index (χ4n) is 0.856. The van der Waals surface area contributed by atoms with Gasteiger partial charge in [-0.25, -0.2) is 4.79 Å². The molecule has 0 spiro atoms. The zero-order valence-corrected chi connectivity index (χ0v) is 10.0. The van der Waals surface area contributed by atoms with Crippen molar-refractivity contribution >= 4 is 41.2 Å². The van der Waals surface area contributed by atoms with E-state index in [1.807, 2.05) is 0 Å². The summed E-state index contributed by atoms with van der Waals surface area (Å²) in [6.45, 7) is 0. The molecule has 1 aromatic carbocycles. The molecule has 3 N–H and O–H groups in total. The van der Waals surface area contributed by atoms with Gasteiger partial charge in [0.05, 0.1) is 12.1 Å². The molecule has 0 saturated carbocycles. The number of hydrogen-bond donors (Lipinski definition) is 2. The van der Waals surface area contributed by atoms with Gasteiger partial charge in [-0.2, -0.15) is 0 Å². The van der Waals surface area contributed by atoms with E-state index in [1.165, 1.54) is 7.11 Å². The van der Waals surface area contributed by atoms with Crippen LogP contribution in [0.3, 0.4) is 0 Å². The molecule has 0 bridgehead atoms. The lowest BCUT2D eigenvalue weighted by atomic mass is 10.3. The van der Waals surface area contributed by atoms with Crippen LogP contribution in [-0.2, 0) is 0 Å². The summed E-state index contributed by atoms with van der Waals surface area (Å²) in [7, 11) is 1.49. The van der Waals surface area contributed by atoms with Crippen LogP contribution in [0.25, 0.3) is 0 Å². The number of nitrogens with one attached hydrogen (secondary N) is 1. The summed E-state index contributed by atoms with van der Waals surface area (Å²) in [5.74, 6) is 0.477. The highest BCUT2D eigenvalue weighted by atomic mass is 35.5. The smallest absolute Gasteiger partial charge is 0.322 e. The lowest BCUT2D eigenvalue weighted by Gasteiger charge is -2.08. The summed E-state index contributed by atoms with van der Waals surface area (Å²) in [6, 6.07) is 2.68. The third kappa shape index (κ3) is 3.09. The van der Waals surface area contributed by atoms with Crippen LogP contribution in [-0.4, -0.2) is 13.1 Å². The van der Waals surface area contributed by atoms with E-state index in [2.05, 4.69) is 4.72 Å². The minimum Gasteiger partial charge on any atom is -0.495 e. The van der Waals surface area contributed by atoms with Crippen LogP contribution >= 0.6 is 35.1 Å². The first-order chi connectivity index (χ1) is 7.06. The zero-order valence-electron chi connectivity index (χ0n) is 7.71. The summed E-state index contributed by atoms with van der Waals surface area (Å²) < 4.78 is 7.31. The number of amides is 2. The molecule has 0 aliphatic rings. The van der Waals surface area contributed by atoms with Gasteiger partial charge in [-0.05, 0) is 24.1 Å². The van der Waals surface area contributed by atoms with Crippen LogP contribution in [0, 0.1) is 0 Å². The Bertz CT molecular complexity index is 387. The van der Waals surface area contributed by atoms with E-state index in [9.17, 15) is 4.79 Å². The molecular formula is C8H8Cl2N2O2S. The zero-order chi connectivity index (χ0) is 11.4. The molecule has 2 amide bonds. The summed E-state index contributed by atoms with van der Waals surface area (Å²) in [6.07, 6.45) is 0. The molecular weight excluding hydrogens is 259 g/mol. The monoisotopic (exact) mass is 266 g/mol. The third-order valence-electron chi connectivity index (χ3n) is 1.49. The van der Waals surface area contributed by atoms with Gasteiger partial charge in [-0.3, -0.25) is 4.72 Å². The van der Waals surface area contributed by atoms with E-state index >= 15 is 0 Å². The predicted octanol–water partition coefficient (Wildman–Crippen LogP) is 2.68. The van der Waals surface area contributed by atoms with Crippen LogP contribution in [0.4, 0.5) is 4.79 Å². The fourth-order valence-corrected chi connectivity index (χ4v) is 1.96. The van der Waals surface area contributed by atoms with Gasteiger partial charge in [-0.1, -0.05) is 23.2 Å². The Labute approximate surface area is 101 Å². The molecule has 15 heavy (non-hydrogen) atoms. The van der Waals surface area contributed by atoms with Gasteiger partial charge in [0.1, 0.15) is 10.8 Å². The number of halogens is 2. The summed E-state index contributed by atoms with van der Waals surface area (Å²) >= 11 is 12.8. The van der Waals surface area contributed by atoms with E-state index in [0.717, 1.165) is 11.9 Å². The lowest BCUT2D eigenvalue weighted by molar-refractivity contribution is 0.254. The van der Waals surface area contributed by atoms with Crippen molar-refractivity contribution in [3.05, 3.63) is 22.2 Å². The number of ether oxygens (including phenoxy) is 1. The van der Waals surface area contributed by atoms with Gasteiger partial charge in [0.15, 0.2) is 0 Å². The maximum absolute atomic E-state index is 10.5. The minimum atomic E-state index is -0.650. The first-order valence-corrected chi connectivity index (χ1v) is 5.37. The number of nitrogens with two attached hydrogens (primary N) is 1. The second-order valence-electron chi connectivity index (χ2n) is 2.46. The maximum atomic E-state index is 10.5. The second-order valence-corrected chi connectivity index (χ2v) is 4.07. The molecule has 1 aromatic rings. The lowest BCUT2D eigenvalue weighted by Crippen LogP contribution is -2.22. The molecule has 82 valence electrons. The molecule has 1 rings (SSSR count). The first kappa shape index (κ1) is 12.3. The van der Waals surface area contributed by atoms with Crippen LogP contribution in [0.15, 0.2) is 17.0 Å². The molecule has 7 heteroatoms. The van der Waals surface area contributed by atoms with Crippen molar-refractivity contribution in [3.8, 4) is 5.75 Å². The summed E-state index contributed by atoms with van der Waals surface area (Å²) in [5.41, 5.74) is 4.91. The molecule has 0 unspecified atom stereocenters. The van der Waals surface area contributed by atoms with E-state index in [-0.39, 0.29) is 0 Å². The Balaban J connectivity index is 2.91. The van der Waals surface area contributed by atoms with Crippen molar-refractivity contribution in [1.29, 1.82) is 0 Å². The topological polar surface area (TPSA) is 64.3 Å². The maximum Gasteiger partial charge on any atom is 0.322 e. The number of carbonyl (C=O) groups is 1. The fraction of sp³-hybridized carbons (Fsp3) is 0.125. The molecule has 4 nitrogen and oxygen atoms in total. The molecule has 0 atom stereocenters. The third-order valence-corrected chi connectivity index (χ3v) is 3.33. The van der Waals surface area contributed by atoms with Crippen LogP contribution in [0.5, 0.6) is 5.75 Å². The van der Waals surface area contributed by atoms with Crippen molar-refractivity contribution < 1.29 is 9.53 Å². The van der Waals surface area contributed by atoms with Gasteiger partial charge < -0.3 is 10.5 Å². The number of hydrogen-bond acceptors (Lipinski definition) is 3. The Morgan fingerprint density at radius 2 is 2.13 bits per heavy atom. The van der Waals surface area contributed by atoms with Crippen molar-refractivity contribution in [2.24, 2.45) is 5.73 Å². The highest BCUT2D eigenvalue weighted by Gasteiger charge is 2.11. The van der Waals surface area contributed by atoms with Gasteiger partial charge in [0, 0.05) is 4.90 Å². The number of carbonyl (C=O) groups excluding carboxylic acids is 1. The van der Waals surface area contributed by atoms with E-state index in [1.54, 1.807) is 12.1 Å². The highest BCUT2D eigenvalue weighted by Crippen LogP contribution is 2.37. The Morgan fingerprint density at radius 1 is 1.47 bits per heavy atom. The van der Waals surface area contributed by atoms with Gasteiger partial charge >= 0.3 is 6.03 Å². The van der Waals surface area contributed by atoms with Crippen molar-refractivity contribution in [2.45, 2.75) is 4.90 Å². The summed E-state index contributed by atoms with van der Waals surface area (Å²) in [4.78, 5) is 11.1. The van der Waals surface area contributed by atoms with Crippen molar-refractivity contribution in [1.82, 2.24) is 4.72 Å².